The van der Waals surface area contributed by atoms with E-state index in [1.165, 1.54) is 0 Å². The lowest BCUT2D eigenvalue weighted by Gasteiger charge is -2.42. The molecule has 0 spiro atoms. The van der Waals surface area contributed by atoms with E-state index in [4.69, 9.17) is 5.26 Å². The zero-order valence-electron chi connectivity index (χ0n) is 8.83. The van der Waals surface area contributed by atoms with Crippen LogP contribution < -0.4 is 5.32 Å². The summed E-state index contributed by atoms with van der Waals surface area (Å²) in [6.45, 7) is 0.115. The average Bonchev–Trinajstić information content (AvgIpc) is 2.24. The van der Waals surface area contributed by atoms with Crippen molar-refractivity contribution in [2.75, 3.05) is 11.9 Å². The summed E-state index contributed by atoms with van der Waals surface area (Å²) in [5, 5.41) is 21.7. The number of hydrogen-bond donors (Lipinski definition) is 2. The van der Waals surface area contributed by atoms with Gasteiger partial charge in [0.15, 0.2) is 0 Å². The molecule has 0 atom stereocenters. The quantitative estimate of drug-likeness (QED) is 0.895. The fourth-order valence-corrected chi connectivity index (χ4v) is 2.29. The van der Waals surface area contributed by atoms with Gasteiger partial charge in [-0.2, -0.15) is 5.26 Å². The Morgan fingerprint density at radius 3 is 2.75 bits per heavy atom. The van der Waals surface area contributed by atoms with Crippen molar-refractivity contribution in [2.24, 2.45) is 0 Å². The Bertz CT molecular complexity index is 430. The molecule has 0 radical (unpaired) electrons. The molecule has 0 aromatic heterocycles. The SMILES string of the molecule is N#Cc1ccc(Br)cc1NC1(CO)CCC1. The summed E-state index contributed by atoms with van der Waals surface area (Å²) in [5.41, 5.74) is 1.19. The largest absolute Gasteiger partial charge is 0.394 e. The van der Waals surface area contributed by atoms with Crippen molar-refractivity contribution in [2.45, 2.75) is 24.8 Å². The Kier molecular flexibility index (Phi) is 3.17. The Morgan fingerprint density at radius 2 is 2.25 bits per heavy atom. The standard InChI is InChI=1S/C12H13BrN2O/c13-10-3-2-9(7-14)11(6-10)15-12(8-16)4-1-5-12/h2-3,6,15-16H,1,4-5,8H2. The van der Waals surface area contributed by atoms with Gasteiger partial charge in [0.1, 0.15) is 6.07 Å². The minimum atomic E-state index is -0.216. The van der Waals surface area contributed by atoms with Crippen molar-refractivity contribution in [3.63, 3.8) is 0 Å². The second kappa shape index (κ2) is 4.44. The lowest BCUT2D eigenvalue weighted by molar-refractivity contribution is 0.144. The molecule has 0 aliphatic heterocycles. The number of rotatable bonds is 3. The Hall–Kier alpha value is -1.05. The number of hydrogen-bond acceptors (Lipinski definition) is 3. The minimum Gasteiger partial charge on any atom is -0.394 e. The van der Waals surface area contributed by atoms with Gasteiger partial charge in [-0.05, 0) is 37.5 Å². The second-order valence-corrected chi connectivity index (χ2v) is 5.13. The van der Waals surface area contributed by atoms with Gasteiger partial charge in [0.05, 0.1) is 23.4 Å². The van der Waals surface area contributed by atoms with E-state index in [1.54, 1.807) is 6.07 Å². The van der Waals surface area contributed by atoms with E-state index in [1.807, 2.05) is 12.1 Å². The molecular formula is C12H13BrN2O. The minimum absolute atomic E-state index is 0.115. The average molecular weight is 281 g/mol. The molecule has 0 bridgehead atoms. The molecule has 0 amide bonds. The van der Waals surface area contributed by atoms with Crippen LogP contribution in [-0.4, -0.2) is 17.3 Å². The summed E-state index contributed by atoms with van der Waals surface area (Å²) in [4.78, 5) is 0. The van der Waals surface area contributed by atoms with Crippen LogP contribution in [0.2, 0.25) is 0 Å². The monoisotopic (exact) mass is 280 g/mol. The Balaban J connectivity index is 2.26. The molecule has 84 valence electrons. The van der Waals surface area contributed by atoms with Crippen LogP contribution in [0, 0.1) is 11.3 Å². The van der Waals surface area contributed by atoms with Gasteiger partial charge in [0.25, 0.3) is 0 Å². The van der Waals surface area contributed by atoms with Crippen molar-refractivity contribution in [1.82, 2.24) is 0 Å². The summed E-state index contributed by atoms with van der Waals surface area (Å²) in [6.07, 6.45) is 3.05. The molecule has 2 rings (SSSR count). The molecule has 4 heteroatoms. The fraction of sp³-hybridized carbons (Fsp3) is 0.417. The number of nitrogens with one attached hydrogen (secondary N) is 1. The maximum absolute atomic E-state index is 9.37. The van der Waals surface area contributed by atoms with E-state index in [9.17, 15) is 5.11 Å². The van der Waals surface area contributed by atoms with Crippen LogP contribution in [0.25, 0.3) is 0 Å². The lowest BCUT2D eigenvalue weighted by atomic mass is 9.77. The van der Waals surface area contributed by atoms with Gasteiger partial charge >= 0.3 is 0 Å². The summed E-state index contributed by atoms with van der Waals surface area (Å²) >= 11 is 3.38. The Labute approximate surface area is 103 Å². The summed E-state index contributed by atoms with van der Waals surface area (Å²) in [6, 6.07) is 7.65. The lowest BCUT2D eigenvalue weighted by Crippen LogP contribution is -2.48. The predicted molar refractivity (Wildman–Crippen MR) is 66.1 cm³/mol. The van der Waals surface area contributed by atoms with E-state index in [0.717, 1.165) is 29.4 Å². The second-order valence-electron chi connectivity index (χ2n) is 4.22. The zero-order chi connectivity index (χ0) is 11.6. The van der Waals surface area contributed by atoms with Gasteiger partial charge in [-0.1, -0.05) is 15.9 Å². The molecule has 1 saturated carbocycles. The van der Waals surface area contributed by atoms with E-state index in [-0.39, 0.29) is 12.1 Å². The van der Waals surface area contributed by atoms with Gasteiger partial charge in [-0.25, -0.2) is 0 Å². The van der Waals surface area contributed by atoms with Crippen molar-refractivity contribution in [1.29, 1.82) is 5.26 Å². The molecule has 1 aromatic rings. The van der Waals surface area contributed by atoms with Crippen molar-refractivity contribution >= 4 is 21.6 Å². The maximum Gasteiger partial charge on any atom is 0.101 e. The van der Waals surface area contributed by atoms with Gasteiger partial charge in [-0.15, -0.1) is 0 Å². The number of nitriles is 1. The molecule has 1 aliphatic rings. The zero-order valence-corrected chi connectivity index (χ0v) is 10.4. The van der Waals surface area contributed by atoms with Crippen molar-refractivity contribution in [3.05, 3.63) is 28.2 Å². The Morgan fingerprint density at radius 1 is 1.50 bits per heavy atom. The molecule has 1 aromatic carbocycles. The molecule has 0 saturated heterocycles. The first-order valence-corrected chi connectivity index (χ1v) is 6.07. The molecular weight excluding hydrogens is 268 g/mol. The van der Waals surface area contributed by atoms with Crippen LogP contribution in [0.4, 0.5) is 5.69 Å². The number of anilines is 1. The summed E-state index contributed by atoms with van der Waals surface area (Å²) < 4.78 is 0.932. The highest BCUT2D eigenvalue weighted by atomic mass is 79.9. The van der Waals surface area contributed by atoms with Crippen LogP contribution in [-0.2, 0) is 0 Å². The van der Waals surface area contributed by atoms with Crippen molar-refractivity contribution < 1.29 is 5.11 Å². The van der Waals surface area contributed by atoms with E-state index in [0.29, 0.717) is 5.56 Å². The number of benzene rings is 1. The smallest absolute Gasteiger partial charge is 0.101 e. The number of halogens is 1. The third kappa shape index (κ3) is 2.06. The molecule has 0 heterocycles. The maximum atomic E-state index is 9.37. The summed E-state index contributed by atoms with van der Waals surface area (Å²) in [7, 11) is 0. The fourth-order valence-electron chi connectivity index (χ4n) is 1.93. The van der Waals surface area contributed by atoms with Crippen molar-refractivity contribution in [3.8, 4) is 6.07 Å². The number of nitrogens with zero attached hydrogens (tertiary/aromatic N) is 1. The van der Waals surface area contributed by atoms with Gasteiger partial charge in [-0.3, -0.25) is 0 Å². The molecule has 1 aliphatic carbocycles. The van der Waals surface area contributed by atoms with Gasteiger partial charge in [0, 0.05) is 4.47 Å². The molecule has 1 fully saturated rings. The topological polar surface area (TPSA) is 56.0 Å². The van der Waals surface area contributed by atoms with Crippen LogP contribution in [0.3, 0.4) is 0 Å². The first kappa shape index (κ1) is 11.4. The molecule has 3 nitrogen and oxygen atoms in total. The van der Waals surface area contributed by atoms with Crippen LogP contribution in [0.1, 0.15) is 24.8 Å². The third-order valence-electron chi connectivity index (χ3n) is 3.12. The van der Waals surface area contributed by atoms with Crippen LogP contribution in [0.5, 0.6) is 0 Å². The first-order valence-electron chi connectivity index (χ1n) is 5.28. The van der Waals surface area contributed by atoms with Crippen LogP contribution >= 0.6 is 15.9 Å². The predicted octanol–water partition coefficient (Wildman–Crippen LogP) is 2.65. The number of aliphatic hydroxyl groups is 1. The molecule has 16 heavy (non-hydrogen) atoms. The first-order chi connectivity index (χ1) is 7.69. The van der Waals surface area contributed by atoms with Gasteiger partial charge in [0.2, 0.25) is 0 Å². The summed E-state index contributed by atoms with van der Waals surface area (Å²) in [5.74, 6) is 0. The van der Waals surface area contributed by atoms with Crippen LogP contribution in [0.15, 0.2) is 22.7 Å². The highest BCUT2D eigenvalue weighted by Gasteiger charge is 2.36. The highest BCUT2D eigenvalue weighted by Crippen LogP contribution is 2.36. The highest BCUT2D eigenvalue weighted by molar-refractivity contribution is 9.10. The van der Waals surface area contributed by atoms with Gasteiger partial charge < -0.3 is 10.4 Å². The number of aliphatic hydroxyl groups excluding tert-OH is 1. The third-order valence-corrected chi connectivity index (χ3v) is 3.61. The normalized spacial score (nSPS) is 17.3. The van der Waals surface area contributed by atoms with E-state index in [2.05, 4.69) is 27.3 Å². The molecule has 0 unspecified atom stereocenters. The molecule has 2 N–H and O–H groups in total. The van der Waals surface area contributed by atoms with E-state index < -0.39 is 0 Å². The van der Waals surface area contributed by atoms with E-state index >= 15 is 0 Å².